The Hall–Kier alpha value is -0.0800. The van der Waals surface area contributed by atoms with Crippen LogP contribution in [0.2, 0.25) is 0 Å². The molecule has 0 aliphatic heterocycles. The van der Waals surface area contributed by atoms with E-state index in [1.807, 2.05) is 0 Å². The molecule has 0 aliphatic carbocycles. The number of unbranched alkanes of at least 4 members (excludes halogenated alkanes) is 5. The maximum atomic E-state index is 9.58. The third kappa shape index (κ3) is 10.0. The summed E-state index contributed by atoms with van der Waals surface area (Å²) < 4.78 is 0. The molecule has 2 heteroatoms. The summed E-state index contributed by atoms with van der Waals surface area (Å²) >= 11 is 0. The predicted octanol–water partition coefficient (Wildman–Crippen LogP) is 2.87. The molecule has 0 radical (unpaired) electrons. The van der Waals surface area contributed by atoms with E-state index < -0.39 is 0 Å². The first-order valence-electron chi connectivity index (χ1n) is 6.10. The summed E-state index contributed by atoms with van der Waals surface area (Å²) in [6.45, 7) is 2.49. The highest BCUT2D eigenvalue weighted by Crippen LogP contribution is 2.11. The summed E-state index contributed by atoms with van der Waals surface area (Å²) in [5, 5.41) is 18.2. The van der Waals surface area contributed by atoms with Gasteiger partial charge in [0.05, 0.1) is 6.10 Å². The fourth-order valence-electron chi connectivity index (χ4n) is 1.62. The molecular formula is C12H26O2. The van der Waals surface area contributed by atoms with Crippen LogP contribution >= 0.6 is 0 Å². The maximum Gasteiger partial charge on any atom is 0.0540 e. The average Bonchev–Trinajstić information content (AvgIpc) is 2.18. The Kier molecular flexibility index (Phi) is 10.9. The van der Waals surface area contributed by atoms with Crippen molar-refractivity contribution in [3.8, 4) is 0 Å². The van der Waals surface area contributed by atoms with Crippen LogP contribution in [0.4, 0.5) is 0 Å². The van der Waals surface area contributed by atoms with Gasteiger partial charge in [-0.1, -0.05) is 45.4 Å². The third-order valence-corrected chi connectivity index (χ3v) is 2.59. The zero-order chi connectivity index (χ0) is 10.6. The highest BCUT2D eigenvalue weighted by molar-refractivity contribution is 4.56. The van der Waals surface area contributed by atoms with Crippen molar-refractivity contribution in [2.45, 2.75) is 70.8 Å². The standard InChI is InChI=1S/C12H26O2/c1-2-3-6-9-12(14)10-7-4-5-8-11-13/h12-14H,2-11H2,1H3. The largest absolute Gasteiger partial charge is 0.396 e. The van der Waals surface area contributed by atoms with E-state index in [1.165, 1.54) is 12.8 Å². The Morgan fingerprint density at radius 2 is 1.43 bits per heavy atom. The van der Waals surface area contributed by atoms with Gasteiger partial charge in [0, 0.05) is 6.61 Å². The van der Waals surface area contributed by atoms with E-state index in [4.69, 9.17) is 5.11 Å². The first-order chi connectivity index (χ1) is 6.81. The Balaban J connectivity index is 3.06. The molecule has 86 valence electrons. The van der Waals surface area contributed by atoms with Gasteiger partial charge in [0.15, 0.2) is 0 Å². The maximum absolute atomic E-state index is 9.58. The van der Waals surface area contributed by atoms with Gasteiger partial charge in [-0.05, 0) is 19.3 Å². The summed E-state index contributed by atoms with van der Waals surface area (Å²) in [7, 11) is 0. The summed E-state index contributed by atoms with van der Waals surface area (Å²) in [6.07, 6.45) is 9.70. The minimum absolute atomic E-state index is 0.0873. The number of aliphatic hydroxyl groups is 2. The van der Waals surface area contributed by atoms with Gasteiger partial charge in [0.25, 0.3) is 0 Å². The molecule has 0 bridgehead atoms. The molecule has 0 saturated carbocycles. The van der Waals surface area contributed by atoms with Crippen molar-refractivity contribution in [1.82, 2.24) is 0 Å². The van der Waals surface area contributed by atoms with Crippen molar-refractivity contribution in [2.75, 3.05) is 6.61 Å². The molecule has 0 spiro atoms. The van der Waals surface area contributed by atoms with E-state index in [-0.39, 0.29) is 6.10 Å². The van der Waals surface area contributed by atoms with Gasteiger partial charge in [0.2, 0.25) is 0 Å². The fourth-order valence-corrected chi connectivity index (χ4v) is 1.62. The average molecular weight is 202 g/mol. The summed E-state index contributed by atoms with van der Waals surface area (Å²) in [4.78, 5) is 0. The molecule has 0 aromatic heterocycles. The number of hydrogen-bond acceptors (Lipinski definition) is 2. The summed E-state index contributed by atoms with van der Waals surface area (Å²) in [6, 6.07) is 0. The van der Waals surface area contributed by atoms with Crippen LogP contribution in [0.5, 0.6) is 0 Å². The molecule has 2 N–H and O–H groups in total. The summed E-state index contributed by atoms with van der Waals surface area (Å²) in [5.74, 6) is 0. The molecule has 14 heavy (non-hydrogen) atoms. The Labute approximate surface area is 88.3 Å². The van der Waals surface area contributed by atoms with Crippen LogP contribution in [-0.2, 0) is 0 Å². The van der Waals surface area contributed by atoms with Crippen LogP contribution in [0.1, 0.15) is 64.7 Å². The smallest absolute Gasteiger partial charge is 0.0540 e. The van der Waals surface area contributed by atoms with Gasteiger partial charge in [-0.3, -0.25) is 0 Å². The van der Waals surface area contributed by atoms with Gasteiger partial charge in [-0.15, -0.1) is 0 Å². The van der Waals surface area contributed by atoms with E-state index in [0.29, 0.717) is 6.61 Å². The van der Waals surface area contributed by atoms with Crippen molar-refractivity contribution >= 4 is 0 Å². The molecule has 0 aromatic rings. The quantitative estimate of drug-likeness (QED) is 0.535. The van der Waals surface area contributed by atoms with Crippen LogP contribution < -0.4 is 0 Å². The Bertz CT molecular complexity index is 104. The highest BCUT2D eigenvalue weighted by atomic mass is 16.3. The molecule has 1 unspecified atom stereocenters. The zero-order valence-electron chi connectivity index (χ0n) is 9.54. The lowest BCUT2D eigenvalue weighted by Crippen LogP contribution is -2.05. The zero-order valence-corrected chi connectivity index (χ0v) is 9.54. The molecule has 0 fully saturated rings. The molecular weight excluding hydrogens is 176 g/mol. The Morgan fingerprint density at radius 1 is 0.857 bits per heavy atom. The fraction of sp³-hybridized carbons (Fsp3) is 1.00. The first kappa shape index (κ1) is 13.9. The molecule has 2 nitrogen and oxygen atoms in total. The molecule has 0 aromatic carbocycles. The van der Waals surface area contributed by atoms with Crippen LogP contribution in [0.25, 0.3) is 0 Å². The molecule has 1 atom stereocenters. The topological polar surface area (TPSA) is 40.5 Å². The highest BCUT2D eigenvalue weighted by Gasteiger charge is 2.02. The minimum atomic E-state index is -0.0873. The molecule has 0 heterocycles. The normalized spacial score (nSPS) is 13.1. The number of rotatable bonds is 10. The van der Waals surface area contributed by atoms with E-state index in [0.717, 1.165) is 44.9 Å². The SMILES string of the molecule is CCCCCC(O)CCCCCCO. The lowest BCUT2D eigenvalue weighted by molar-refractivity contribution is 0.147. The van der Waals surface area contributed by atoms with Crippen LogP contribution in [0, 0.1) is 0 Å². The van der Waals surface area contributed by atoms with E-state index in [1.54, 1.807) is 0 Å². The van der Waals surface area contributed by atoms with Crippen molar-refractivity contribution in [2.24, 2.45) is 0 Å². The second kappa shape index (κ2) is 11.0. The molecule has 0 amide bonds. The summed E-state index contributed by atoms with van der Waals surface area (Å²) in [5.41, 5.74) is 0. The second-order valence-corrected chi connectivity index (χ2v) is 4.08. The lowest BCUT2D eigenvalue weighted by Gasteiger charge is -2.09. The van der Waals surface area contributed by atoms with E-state index in [9.17, 15) is 5.11 Å². The van der Waals surface area contributed by atoms with E-state index in [2.05, 4.69) is 6.92 Å². The molecule has 0 saturated heterocycles. The molecule has 0 rings (SSSR count). The van der Waals surface area contributed by atoms with Crippen LogP contribution in [0.3, 0.4) is 0 Å². The van der Waals surface area contributed by atoms with Crippen molar-refractivity contribution in [1.29, 1.82) is 0 Å². The van der Waals surface area contributed by atoms with Crippen LogP contribution in [-0.4, -0.2) is 22.9 Å². The monoisotopic (exact) mass is 202 g/mol. The second-order valence-electron chi connectivity index (χ2n) is 4.08. The van der Waals surface area contributed by atoms with E-state index >= 15 is 0 Å². The van der Waals surface area contributed by atoms with Gasteiger partial charge < -0.3 is 10.2 Å². The molecule has 0 aliphatic rings. The van der Waals surface area contributed by atoms with Gasteiger partial charge in [0.1, 0.15) is 0 Å². The number of aliphatic hydroxyl groups excluding tert-OH is 2. The minimum Gasteiger partial charge on any atom is -0.396 e. The van der Waals surface area contributed by atoms with Crippen molar-refractivity contribution < 1.29 is 10.2 Å². The van der Waals surface area contributed by atoms with Gasteiger partial charge in [-0.25, -0.2) is 0 Å². The first-order valence-corrected chi connectivity index (χ1v) is 6.10. The Morgan fingerprint density at radius 3 is 2.00 bits per heavy atom. The van der Waals surface area contributed by atoms with Gasteiger partial charge in [-0.2, -0.15) is 0 Å². The predicted molar refractivity (Wildman–Crippen MR) is 60.3 cm³/mol. The van der Waals surface area contributed by atoms with Crippen LogP contribution in [0.15, 0.2) is 0 Å². The third-order valence-electron chi connectivity index (χ3n) is 2.59. The van der Waals surface area contributed by atoms with Gasteiger partial charge >= 0.3 is 0 Å². The lowest BCUT2D eigenvalue weighted by atomic mass is 10.0. The van der Waals surface area contributed by atoms with Crippen molar-refractivity contribution in [3.05, 3.63) is 0 Å². The number of hydrogen-bond donors (Lipinski definition) is 2. The van der Waals surface area contributed by atoms with Crippen molar-refractivity contribution in [3.63, 3.8) is 0 Å².